The molecule has 0 aliphatic heterocycles. The summed E-state index contributed by atoms with van der Waals surface area (Å²) >= 11 is 1.28. The molecule has 1 aromatic heterocycles. The summed E-state index contributed by atoms with van der Waals surface area (Å²) in [5.41, 5.74) is 1.75. The summed E-state index contributed by atoms with van der Waals surface area (Å²) in [7, 11) is 0. The quantitative estimate of drug-likeness (QED) is 0.619. The predicted molar refractivity (Wildman–Crippen MR) is 99.5 cm³/mol. The second kappa shape index (κ2) is 7.98. The van der Waals surface area contributed by atoms with Gasteiger partial charge in [0.1, 0.15) is 0 Å². The van der Waals surface area contributed by atoms with Crippen LogP contribution in [0.2, 0.25) is 0 Å². The molecule has 128 valence electrons. The minimum atomic E-state index is 0.0114. The van der Waals surface area contributed by atoms with Gasteiger partial charge in [0.15, 0.2) is 0 Å². The highest BCUT2D eigenvalue weighted by Gasteiger charge is 2.20. The minimum Gasteiger partial charge on any atom is -0.333 e. The summed E-state index contributed by atoms with van der Waals surface area (Å²) in [6, 6.07) is 19.3. The Morgan fingerprint density at radius 1 is 1.08 bits per heavy atom. The van der Waals surface area contributed by atoms with Gasteiger partial charge in [-0.1, -0.05) is 48.2 Å². The van der Waals surface area contributed by atoms with E-state index in [1.807, 2.05) is 74.5 Å². The molecule has 0 radical (unpaired) electrons. The Hall–Kier alpha value is -2.60. The third-order valence-electron chi connectivity index (χ3n) is 3.57. The zero-order chi connectivity index (χ0) is 17.6. The van der Waals surface area contributed by atoms with Crippen molar-refractivity contribution < 1.29 is 9.32 Å². The van der Waals surface area contributed by atoms with E-state index >= 15 is 0 Å². The lowest BCUT2D eigenvalue weighted by molar-refractivity contribution is -0.116. The van der Waals surface area contributed by atoms with Gasteiger partial charge in [-0.15, -0.1) is 0 Å². The second-order valence-electron chi connectivity index (χ2n) is 5.73. The highest BCUT2D eigenvalue weighted by molar-refractivity contribution is 7.99. The highest BCUT2D eigenvalue weighted by Crippen LogP contribution is 2.23. The van der Waals surface area contributed by atoms with Gasteiger partial charge in [-0.25, -0.2) is 0 Å². The van der Waals surface area contributed by atoms with E-state index in [2.05, 4.69) is 10.1 Å². The molecule has 3 aromatic rings. The molecule has 0 atom stereocenters. The van der Waals surface area contributed by atoms with E-state index in [4.69, 9.17) is 4.52 Å². The van der Waals surface area contributed by atoms with Gasteiger partial charge < -0.3 is 9.42 Å². The number of aromatic nitrogens is 2. The second-order valence-corrected chi connectivity index (χ2v) is 6.67. The minimum absolute atomic E-state index is 0.0114. The molecule has 0 unspecified atom stereocenters. The van der Waals surface area contributed by atoms with E-state index < -0.39 is 0 Å². The van der Waals surface area contributed by atoms with Gasteiger partial charge in [0, 0.05) is 17.3 Å². The van der Waals surface area contributed by atoms with E-state index in [9.17, 15) is 4.79 Å². The zero-order valence-corrected chi connectivity index (χ0v) is 14.9. The van der Waals surface area contributed by atoms with E-state index in [1.165, 1.54) is 11.8 Å². The molecular formula is C19H19N3O2S. The monoisotopic (exact) mass is 353 g/mol. The van der Waals surface area contributed by atoms with Gasteiger partial charge in [0.05, 0.1) is 5.75 Å². The molecule has 2 aromatic carbocycles. The normalized spacial score (nSPS) is 10.8. The summed E-state index contributed by atoms with van der Waals surface area (Å²) < 4.78 is 5.27. The summed E-state index contributed by atoms with van der Waals surface area (Å²) in [5.74, 6) is 0.720. The number of hydrogen-bond acceptors (Lipinski definition) is 5. The fourth-order valence-corrected chi connectivity index (χ4v) is 3.11. The van der Waals surface area contributed by atoms with Crippen LogP contribution in [0, 0.1) is 0 Å². The number of hydrogen-bond donors (Lipinski definition) is 0. The molecule has 6 heteroatoms. The van der Waals surface area contributed by atoms with Gasteiger partial charge in [0.2, 0.25) is 11.1 Å². The number of carbonyl (C=O) groups is 1. The van der Waals surface area contributed by atoms with Gasteiger partial charge in [-0.2, -0.15) is 4.98 Å². The molecule has 0 spiro atoms. The number of benzene rings is 2. The maximum atomic E-state index is 12.7. The summed E-state index contributed by atoms with van der Waals surface area (Å²) in [6.45, 7) is 3.99. The molecule has 5 nitrogen and oxygen atoms in total. The number of amides is 1. The average Bonchev–Trinajstić information content (AvgIpc) is 3.10. The first-order valence-electron chi connectivity index (χ1n) is 8.04. The lowest BCUT2D eigenvalue weighted by Gasteiger charge is -2.26. The van der Waals surface area contributed by atoms with Crippen LogP contribution in [0.15, 0.2) is 70.3 Å². The number of anilines is 1. The molecule has 0 aliphatic rings. The number of carbonyl (C=O) groups excluding carboxylic acids is 1. The van der Waals surface area contributed by atoms with Crippen molar-refractivity contribution in [3.63, 3.8) is 0 Å². The third-order valence-corrected chi connectivity index (χ3v) is 4.39. The molecule has 25 heavy (non-hydrogen) atoms. The Morgan fingerprint density at radius 3 is 2.36 bits per heavy atom. The SMILES string of the molecule is CC(C)N(C(=O)CSc1noc(-c2ccccc2)n1)c1ccccc1. The van der Waals surface area contributed by atoms with Crippen molar-refractivity contribution in [2.45, 2.75) is 25.0 Å². The van der Waals surface area contributed by atoms with Crippen LogP contribution in [-0.2, 0) is 4.79 Å². The largest absolute Gasteiger partial charge is 0.333 e. The number of rotatable bonds is 6. The summed E-state index contributed by atoms with van der Waals surface area (Å²) in [4.78, 5) is 18.8. The predicted octanol–water partition coefficient (Wildman–Crippen LogP) is 4.27. The van der Waals surface area contributed by atoms with Crippen molar-refractivity contribution in [1.82, 2.24) is 10.1 Å². The van der Waals surface area contributed by atoms with Crippen molar-refractivity contribution in [2.24, 2.45) is 0 Å². The molecule has 3 rings (SSSR count). The zero-order valence-electron chi connectivity index (χ0n) is 14.1. The molecule has 0 bridgehead atoms. The van der Waals surface area contributed by atoms with Crippen molar-refractivity contribution in [2.75, 3.05) is 10.7 Å². The van der Waals surface area contributed by atoms with E-state index in [1.54, 1.807) is 4.90 Å². The standard InChI is InChI=1S/C19H19N3O2S/c1-14(2)22(16-11-7-4-8-12-16)17(23)13-25-19-20-18(24-21-19)15-9-5-3-6-10-15/h3-12,14H,13H2,1-2H3. The summed E-state index contributed by atoms with van der Waals surface area (Å²) in [6.07, 6.45) is 0. The Balaban J connectivity index is 1.66. The first kappa shape index (κ1) is 17.2. The summed E-state index contributed by atoms with van der Waals surface area (Å²) in [5, 5.41) is 4.41. The first-order valence-corrected chi connectivity index (χ1v) is 9.03. The van der Waals surface area contributed by atoms with Crippen molar-refractivity contribution in [3.05, 3.63) is 60.7 Å². The number of nitrogens with zero attached hydrogens (tertiary/aromatic N) is 3. The van der Waals surface area contributed by atoms with Gasteiger partial charge in [-0.05, 0) is 43.3 Å². The van der Waals surface area contributed by atoms with Crippen LogP contribution in [-0.4, -0.2) is 27.8 Å². The topological polar surface area (TPSA) is 59.2 Å². The van der Waals surface area contributed by atoms with Gasteiger partial charge in [0.25, 0.3) is 5.89 Å². The third kappa shape index (κ3) is 4.28. The van der Waals surface area contributed by atoms with Crippen molar-refractivity contribution in [1.29, 1.82) is 0 Å². The van der Waals surface area contributed by atoms with Crippen molar-refractivity contribution >= 4 is 23.4 Å². The molecule has 0 saturated heterocycles. The van der Waals surface area contributed by atoms with Gasteiger partial charge in [-0.3, -0.25) is 4.79 Å². The molecule has 0 aliphatic carbocycles. The smallest absolute Gasteiger partial charge is 0.258 e. The Kier molecular flexibility index (Phi) is 5.50. The fourth-order valence-electron chi connectivity index (χ4n) is 2.48. The number of thioether (sulfide) groups is 1. The lowest BCUT2D eigenvalue weighted by atomic mass is 10.2. The molecule has 1 amide bonds. The van der Waals surface area contributed by atoms with E-state index in [0.29, 0.717) is 11.0 Å². The first-order chi connectivity index (χ1) is 12.1. The highest BCUT2D eigenvalue weighted by atomic mass is 32.2. The maximum Gasteiger partial charge on any atom is 0.258 e. The Morgan fingerprint density at radius 2 is 1.72 bits per heavy atom. The average molecular weight is 353 g/mol. The fraction of sp³-hybridized carbons (Fsp3) is 0.211. The number of para-hydroxylation sites is 1. The van der Waals surface area contributed by atoms with Crippen LogP contribution in [0.5, 0.6) is 0 Å². The Bertz CT molecular complexity index is 819. The van der Waals surface area contributed by atoms with Crippen LogP contribution in [0.4, 0.5) is 5.69 Å². The van der Waals surface area contributed by atoms with E-state index in [0.717, 1.165) is 11.3 Å². The Labute approximate surface area is 151 Å². The molecule has 0 fully saturated rings. The molecular weight excluding hydrogens is 334 g/mol. The molecule has 0 saturated carbocycles. The van der Waals surface area contributed by atoms with E-state index in [-0.39, 0.29) is 17.7 Å². The van der Waals surface area contributed by atoms with Gasteiger partial charge >= 0.3 is 0 Å². The van der Waals surface area contributed by atoms with Crippen molar-refractivity contribution in [3.8, 4) is 11.5 Å². The van der Waals surface area contributed by atoms with Crippen LogP contribution in [0.1, 0.15) is 13.8 Å². The molecule has 1 heterocycles. The maximum absolute atomic E-state index is 12.7. The van der Waals surface area contributed by atoms with Crippen LogP contribution in [0.25, 0.3) is 11.5 Å². The lowest BCUT2D eigenvalue weighted by Crippen LogP contribution is -2.38. The van der Waals surface area contributed by atoms with Crippen LogP contribution in [0.3, 0.4) is 0 Å². The molecule has 0 N–H and O–H groups in total. The van der Waals surface area contributed by atoms with Crippen LogP contribution >= 0.6 is 11.8 Å². The van der Waals surface area contributed by atoms with Crippen LogP contribution < -0.4 is 4.90 Å².